The summed E-state index contributed by atoms with van der Waals surface area (Å²) >= 11 is 3.60. The molecule has 3 aliphatic heterocycles. The molecule has 2 aromatic rings. The first kappa shape index (κ1) is 20.7. The molecule has 3 aliphatic rings. The Morgan fingerprint density at radius 2 is 2.06 bits per heavy atom. The highest BCUT2D eigenvalue weighted by Gasteiger charge is 2.46. The van der Waals surface area contributed by atoms with Crippen LogP contribution in [-0.2, 0) is 11.2 Å². The van der Waals surface area contributed by atoms with Crippen LogP contribution in [0, 0.1) is 5.92 Å². The Morgan fingerprint density at radius 1 is 1.26 bits per heavy atom. The zero-order chi connectivity index (χ0) is 21.5. The molecular formula is C25H28BrN3O2. The minimum atomic E-state index is -0.0968. The summed E-state index contributed by atoms with van der Waals surface area (Å²) in [6, 6.07) is 14.1. The van der Waals surface area contributed by atoms with E-state index in [0.717, 1.165) is 54.4 Å². The highest BCUT2D eigenvalue weighted by atomic mass is 79.9. The predicted octanol–water partition coefficient (Wildman–Crippen LogP) is 4.14. The number of piperidine rings is 2. The van der Waals surface area contributed by atoms with Gasteiger partial charge in [0.05, 0.1) is 18.0 Å². The van der Waals surface area contributed by atoms with Crippen molar-refractivity contribution in [2.75, 3.05) is 13.1 Å². The number of rotatable bonds is 3. The van der Waals surface area contributed by atoms with Gasteiger partial charge in [-0.1, -0.05) is 46.3 Å². The maximum absolute atomic E-state index is 13.4. The molecule has 2 fully saturated rings. The van der Waals surface area contributed by atoms with Gasteiger partial charge < -0.3 is 15.5 Å². The lowest BCUT2D eigenvalue weighted by atomic mass is 9.76. The first-order valence-electron chi connectivity index (χ1n) is 11.2. The van der Waals surface area contributed by atoms with Crippen molar-refractivity contribution >= 4 is 27.7 Å². The van der Waals surface area contributed by atoms with Crippen LogP contribution in [0.25, 0.3) is 0 Å². The summed E-state index contributed by atoms with van der Waals surface area (Å²) in [7, 11) is 0. The van der Waals surface area contributed by atoms with Crippen molar-refractivity contribution in [3.8, 4) is 0 Å². The van der Waals surface area contributed by atoms with Crippen molar-refractivity contribution in [1.82, 2.24) is 15.5 Å². The molecule has 0 aromatic heterocycles. The average molecular weight is 482 g/mol. The molecule has 5 nitrogen and oxygen atoms in total. The highest BCUT2D eigenvalue weighted by molar-refractivity contribution is 9.10. The van der Waals surface area contributed by atoms with Crippen LogP contribution in [0.4, 0.5) is 0 Å². The zero-order valence-electron chi connectivity index (χ0n) is 17.7. The molecule has 0 aliphatic carbocycles. The quantitative estimate of drug-likeness (QED) is 0.692. The van der Waals surface area contributed by atoms with E-state index in [0.29, 0.717) is 5.56 Å². The summed E-state index contributed by atoms with van der Waals surface area (Å²) in [6.07, 6.45) is 3.69. The second-order valence-electron chi connectivity index (χ2n) is 8.97. The van der Waals surface area contributed by atoms with Gasteiger partial charge in [0, 0.05) is 22.6 Å². The molecule has 0 spiro atoms. The van der Waals surface area contributed by atoms with Crippen molar-refractivity contribution < 1.29 is 9.59 Å². The summed E-state index contributed by atoms with van der Waals surface area (Å²) < 4.78 is 0.910. The first-order chi connectivity index (χ1) is 15.0. The van der Waals surface area contributed by atoms with Crippen molar-refractivity contribution in [1.29, 1.82) is 0 Å². The van der Waals surface area contributed by atoms with Crippen LogP contribution in [0.1, 0.15) is 65.3 Å². The third-order valence-electron chi connectivity index (χ3n) is 7.12. The van der Waals surface area contributed by atoms with Gasteiger partial charge in [-0.15, -0.1) is 0 Å². The van der Waals surface area contributed by atoms with Crippen LogP contribution < -0.4 is 10.6 Å². The van der Waals surface area contributed by atoms with Crippen molar-refractivity contribution in [2.45, 2.75) is 50.7 Å². The van der Waals surface area contributed by atoms with Gasteiger partial charge in [-0.25, -0.2) is 0 Å². The number of carbonyl (C=O) groups excluding carboxylic acids is 2. The van der Waals surface area contributed by atoms with Crippen LogP contribution in [-0.4, -0.2) is 35.8 Å². The first-order valence-corrected chi connectivity index (χ1v) is 12.0. The normalized spacial score (nSPS) is 25.8. The van der Waals surface area contributed by atoms with Crippen LogP contribution >= 0.6 is 15.9 Å². The fraction of sp³-hybridized carbons (Fsp3) is 0.440. The fourth-order valence-corrected chi connectivity index (χ4v) is 6.08. The van der Waals surface area contributed by atoms with E-state index in [2.05, 4.69) is 32.6 Å². The minimum absolute atomic E-state index is 0.0380. The SMILES string of the molecule is C[C@@H](NC(=O)c1cc(Br)cc2c1[C@@H]1C[C@@H]3NCCC[C@@H]3C(=O)N1CC2)c1ccccc1. The van der Waals surface area contributed by atoms with Gasteiger partial charge in [-0.3, -0.25) is 9.59 Å². The Bertz CT molecular complexity index is 1010. The number of halogens is 1. The van der Waals surface area contributed by atoms with E-state index >= 15 is 0 Å². The van der Waals surface area contributed by atoms with Crippen molar-refractivity contribution in [2.24, 2.45) is 5.92 Å². The molecule has 2 aromatic carbocycles. The topological polar surface area (TPSA) is 61.4 Å². The molecule has 2 amide bonds. The molecule has 6 heteroatoms. The summed E-state index contributed by atoms with van der Waals surface area (Å²) in [6.45, 7) is 3.71. The molecule has 3 heterocycles. The summed E-state index contributed by atoms with van der Waals surface area (Å²) in [5.41, 5.74) is 3.97. The van der Waals surface area contributed by atoms with Gasteiger partial charge in [0.1, 0.15) is 0 Å². The molecule has 0 bridgehead atoms. The largest absolute Gasteiger partial charge is 0.346 e. The zero-order valence-corrected chi connectivity index (χ0v) is 19.3. The monoisotopic (exact) mass is 481 g/mol. The van der Waals surface area contributed by atoms with E-state index < -0.39 is 0 Å². The fourth-order valence-electron chi connectivity index (χ4n) is 5.57. The van der Waals surface area contributed by atoms with Crippen LogP contribution in [0.15, 0.2) is 46.9 Å². The summed E-state index contributed by atoms with van der Waals surface area (Å²) in [4.78, 5) is 28.8. The molecule has 4 atom stereocenters. The molecule has 0 radical (unpaired) electrons. The standard InChI is InChI=1S/C25H28BrN3O2/c1-15(16-6-3-2-4-7-16)28-24(30)20-13-18(26)12-17-9-11-29-22(23(17)20)14-21-19(25(29)31)8-5-10-27-21/h2-4,6-7,12-13,15,19,21-22,27H,5,8-11,14H2,1H3,(H,28,30)/t15-,19+,21+,22+/m1/s1. The maximum Gasteiger partial charge on any atom is 0.252 e. The summed E-state index contributed by atoms with van der Waals surface area (Å²) in [5, 5.41) is 6.75. The van der Waals surface area contributed by atoms with Crippen LogP contribution in [0.2, 0.25) is 0 Å². The molecule has 31 heavy (non-hydrogen) atoms. The Labute approximate surface area is 191 Å². The van der Waals surface area contributed by atoms with E-state index in [9.17, 15) is 9.59 Å². The van der Waals surface area contributed by atoms with E-state index in [-0.39, 0.29) is 35.9 Å². The average Bonchev–Trinajstić information content (AvgIpc) is 2.79. The number of hydrogen-bond acceptors (Lipinski definition) is 3. The number of nitrogens with zero attached hydrogens (tertiary/aromatic N) is 1. The lowest BCUT2D eigenvalue weighted by Crippen LogP contribution is -2.58. The lowest BCUT2D eigenvalue weighted by molar-refractivity contribution is -0.145. The second-order valence-corrected chi connectivity index (χ2v) is 9.89. The molecule has 162 valence electrons. The van der Waals surface area contributed by atoms with E-state index in [4.69, 9.17) is 0 Å². The maximum atomic E-state index is 13.4. The predicted molar refractivity (Wildman–Crippen MR) is 124 cm³/mol. The van der Waals surface area contributed by atoms with Crippen LogP contribution in [0.3, 0.4) is 0 Å². The van der Waals surface area contributed by atoms with Gasteiger partial charge in [-0.2, -0.15) is 0 Å². The van der Waals surface area contributed by atoms with Crippen molar-refractivity contribution in [3.05, 3.63) is 69.2 Å². The number of hydrogen-bond donors (Lipinski definition) is 2. The minimum Gasteiger partial charge on any atom is -0.346 e. The highest BCUT2D eigenvalue weighted by Crippen LogP contribution is 2.43. The van der Waals surface area contributed by atoms with E-state index in [1.54, 1.807) is 0 Å². The molecule has 2 saturated heterocycles. The smallest absolute Gasteiger partial charge is 0.252 e. The Hall–Kier alpha value is -2.18. The van der Waals surface area contributed by atoms with Crippen LogP contribution in [0.5, 0.6) is 0 Å². The third kappa shape index (κ3) is 3.80. The molecule has 0 saturated carbocycles. The van der Waals surface area contributed by atoms with E-state index in [1.165, 1.54) is 5.56 Å². The number of amides is 2. The molecule has 2 N–H and O–H groups in total. The lowest BCUT2D eigenvalue weighted by Gasteiger charge is -2.48. The second kappa shape index (κ2) is 8.40. The Kier molecular flexibility index (Phi) is 5.61. The molecule has 5 rings (SSSR count). The Morgan fingerprint density at radius 3 is 2.87 bits per heavy atom. The summed E-state index contributed by atoms with van der Waals surface area (Å²) in [5.74, 6) is 0.255. The van der Waals surface area contributed by atoms with Gasteiger partial charge in [0.25, 0.3) is 5.91 Å². The van der Waals surface area contributed by atoms with Gasteiger partial charge in [0.2, 0.25) is 5.91 Å². The Balaban J connectivity index is 1.49. The number of fused-ring (bicyclic) bond motifs is 4. The molecular weight excluding hydrogens is 454 g/mol. The molecule has 0 unspecified atom stereocenters. The van der Waals surface area contributed by atoms with Gasteiger partial charge >= 0.3 is 0 Å². The third-order valence-corrected chi connectivity index (χ3v) is 7.57. The number of nitrogens with one attached hydrogen (secondary N) is 2. The van der Waals surface area contributed by atoms with E-state index in [1.807, 2.05) is 48.2 Å². The van der Waals surface area contributed by atoms with Gasteiger partial charge in [-0.05, 0) is 68.0 Å². The van der Waals surface area contributed by atoms with Gasteiger partial charge in [0.15, 0.2) is 0 Å². The van der Waals surface area contributed by atoms with Crippen molar-refractivity contribution in [3.63, 3.8) is 0 Å². The number of carbonyl (C=O) groups is 2. The number of benzene rings is 2.